The first kappa shape index (κ1) is 41.7. The second kappa shape index (κ2) is 21.0. The molecule has 10 nitrogen and oxygen atoms in total. The number of pyridine rings is 4. The summed E-state index contributed by atoms with van der Waals surface area (Å²) < 4.78 is 4.85. The van der Waals surface area contributed by atoms with Crippen LogP contribution < -0.4 is 4.74 Å². The van der Waals surface area contributed by atoms with Gasteiger partial charge >= 0.3 is 11.9 Å². The van der Waals surface area contributed by atoms with Gasteiger partial charge in [0.1, 0.15) is 11.4 Å². The molecule has 4 aromatic heterocycles. The minimum Gasteiger partial charge on any atom is -0.478 e. The molecule has 0 aliphatic rings. The van der Waals surface area contributed by atoms with Crippen molar-refractivity contribution < 1.29 is 49.4 Å². The molecule has 8 aromatic rings. The van der Waals surface area contributed by atoms with Gasteiger partial charge in [-0.2, -0.15) is 0 Å². The van der Waals surface area contributed by atoms with E-state index in [9.17, 15) is 14.4 Å². The maximum absolute atomic E-state index is 11.2. The molecule has 0 saturated carbocycles. The van der Waals surface area contributed by atoms with E-state index in [1.807, 2.05) is 97.1 Å². The van der Waals surface area contributed by atoms with Crippen LogP contribution in [0.2, 0.25) is 0 Å². The van der Waals surface area contributed by atoms with Crippen LogP contribution in [0, 0.1) is 12.1 Å². The van der Waals surface area contributed by atoms with E-state index < -0.39 is 11.9 Å². The van der Waals surface area contributed by atoms with Gasteiger partial charge in [-0.1, -0.05) is 48.5 Å². The summed E-state index contributed by atoms with van der Waals surface area (Å²) in [5, 5.41) is 18.3. The molecule has 8 rings (SSSR count). The van der Waals surface area contributed by atoms with E-state index >= 15 is 0 Å². The van der Waals surface area contributed by atoms with Crippen LogP contribution in [-0.2, 0) is 24.9 Å². The molecule has 0 atom stereocenters. The molecule has 0 bridgehead atoms. The molecule has 11 heteroatoms. The summed E-state index contributed by atoms with van der Waals surface area (Å²) in [5.74, 6) is -1.74. The van der Waals surface area contributed by atoms with E-state index in [-0.39, 0.29) is 31.4 Å². The topological polar surface area (TPSA) is 152 Å². The van der Waals surface area contributed by atoms with Gasteiger partial charge < -0.3 is 24.9 Å². The number of hydrogen-bond donors (Lipinski definition) is 2. The number of aromatic nitrogens is 4. The van der Waals surface area contributed by atoms with Gasteiger partial charge in [0.25, 0.3) is 6.47 Å². The average Bonchev–Trinajstić information content (AvgIpc) is 3.28. The minimum atomic E-state index is -1.12. The van der Waals surface area contributed by atoms with Crippen molar-refractivity contribution in [3.8, 4) is 61.9 Å². The predicted molar refractivity (Wildman–Crippen MR) is 216 cm³/mol. The molecule has 2 N–H and O–H groups in total. The number of nitrogens with zero attached hydrogens (tertiary/aromatic N) is 4. The number of benzene rings is 4. The molecular weight excluding hydrogens is 909 g/mol. The van der Waals surface area contributed by atoms with Gasteiger partial charge in [0.05, 0.1) is 17.0 Å². The summed E-state index contributed by atoms with van der Waals surface area (Å²) in [7, 11) is 0. The fourth-order valence-corrected chi connectivity index (χ4v) is 5.38. The van der Waals surface area contributed by atoms with Crippen LogP contribution in [0.25, 0.3) is 56.2 Å². The normalized spacial score (nSPS) is 9.93. The Morgan fingerprint density at radius 3 is 1.52 bits per heavy atom. The number of aromatic carboxylic acids is 2. The summed E-state index contributed by atoms with van der Waals surface area (Å²) >= 11 is 0. The van der Waals surface area contributed by atoms with E-state index in [0.717, 1.165) is 33.6 Å². The number of hydrogen-bond acceptors (Lipinski definition) is 8. The Labute approximate surface area is 347 Å². The zero-order chi connectivity index (χ0) is 39.8. The number of carboxylic acid groups (broad SMARTS) is 2. The Morgan fingerprint density at radius 2 is 1.07 bits per heavy atom. The van der Waals surface area contributed by atoms with Crippen molar-refractivity contribution in [1.82, 2.24) is 19.9 Å². The number of carbonyl (C=O) groups excluding carboxylic acids is 1. The first-order valence-electron chi connectivity index (χ1n) is 17.4. The molecule has 4 aromatic carbocycles. The van der Waals surface area contributed by atoms with Gasteiger partial charge in [0.15, 0.2) is 0 Å². The van der Waals surface area contributed by atoms with Gasteiger partial charge in [-0.3, -0.25) is 4.79 Å². The minimum absolute atomic E-state index is 0. The fraction of sp³-hybridized carbons (Fsp3) is 0. The summed E-state index contributed by atoms with van der Waals surface area (Å²) in [6, 6.07) is 53.6. The SMILES string of the molecule is O=COc1ccc(-c2cc(-c3ccc(C(=O)O)cc3)nc(-c3ccc(C(=O)O)nc3)c2)cc1.[Ir].[c-]1ccccc1-c1ccccn1.[c-]1ccccc1-c1ccccn1. The van der Waals surface area contributed by atoms with Crippen LogP contribution in [0.4, 0.5) is 0 Å². The Bertz CT molecular complexity index is 2300. The Balaban J connectivity index is 0.000000207. The van der Waals surface area contributed by atoms with Crippen LogP contribution in [0.15, 0.2) is 176 Å². The van der Waals surface area contributed by atoms with E-state index in [0.29, 0.717) is 34.7 Å². The van der Waals surface area contributed by atoms with Crippen molar-refractivity contribution >= 4 is 18.4 Å². The predicted octanol–water partition coefficient (Wildman–Crippen LogP) is 9.50. The number of carbonyl (C=O) groups is 3. The third-order valence-corrected chi connectivity index (χ3v) is 8.20. The third-order valence-electron chi connectivity index (χ3n) is 8.20. The number of carboxylic acids is 2. The number of ether oxygens (including phenoxy) is 1. The molecule has 58 heavy (non-hydrogen) atoms. The van der Waals surface area contributed by atoms with Crippen molar-refractivity contribution in [2.75, 3.05) is 0 Å². The first-order valence-corrected chi connectivity index (χ1v) is 17.4. The van der Waals surface area contributed by atoms with Crippen LogP contribution in [0.5, 0.6) is 5.75 Å². The molecule has 0 spiro atoms. The molecule has 0 amide bonds. The van der Waals surface area contributed by atoms with Crippen LogP contribution >= 0.6 is 0 Å². The smallest absolute Gasteiger partial charge is 0.354 e. The van der Waals surface area contributed by atoms with Crippen molar-refractivity contribution in [3.05, 3.63) is 200 Å². The largest absolute Gasteiger partial charge is 0.478 e. The van der Waals surface area contributed by atoms with Crippen molar-refractivity contribution in [3.63, 3.8) is 0 Å². The zero-order valence-electron chi connectivity index (χ0n) is 30.5. The van der Waals surface area contributed by atoms with E-state index in [1.54, 1.807) is 54.9 Å². The van der Waals surface area contributed by atoms with Crippen molar-refractivity contribution in [2.45, 2.75) is 0 Å². The van der Waals surface area contributed by atoms with E-state index in [4.69, 9.17) is 14.9 Å². The summed E-state index contributed by atoms with van der Waals surface area (Å²) in [4.78, 5) is 50.0. The van der Waals surface area contributed by atoms with E-state index in [1.165, 1.54) is 24.4 Å². The van der Waals surface area contributed by atoms with Crippen LogP contribution in [-0.4, -0.2) is 48.6 Å². The van der Waals surface area contributed by atoms with Crippen molar-refractivity contribution in [2.24, 2.45) is 0 Å². The molecule has 4 heterocycles. The second-order valence-electron chi connectivity index (χ2n) is 12.0. The monoisotopic (exact) mass is 941 g/mol. The molecular formula is C47H32IrN4O6-2. The zero-order valence-corrected chi connectivity index (χ0v) is 32.9. The van der Waals surface area contributed by atoms with Gasteiger partial charge in [-0.25, -0.2) is 19.6 Å². The Morgan fingerprint density at radius 1 is 0.534 bits per heavy atom. The average molecular weight is 941 g/mol. The maximum atomic E-state index is 11.2. The Hall–Kier alpha value is -7.46. The summed E-state index contributed by atoms with van der Waals surface area (Å²) in [6.07, 6.45) is 5.01. The van der Waals surface area contributed by atoms with Crippen LogP contribution in [0.1, 0.15) is 20.8 Å². The quantitative estimate of drug-likeness (QED) is 0.106. The molecule has 0 aliphatic heterocycles. The van der Waals surface area contributed by atoms with Crippen LogP contribution in [0.3, 0.4) is 0 Å². The molecule has 0 unspecified atom stereocenters. The van der Waals surface area contributed by atoms with Gasteiger partial charge in [0.2, 0.25) is 0 Å². The molecule has 1 radical (unpaired) electrons. The van der Waals surface area contributed by atoms with Gasteiger partial charge in [-0.05, 0) is 83.2 Å². The summed E-state index contributed by atoms with van der Waals surface area (Å²) in [5.41, 5.74) is 8.21. The molecule has 0 saturated heterocycles. The summed E-state index contributed by atoms with van der Waals surface area (Å²) in [6.45, 7) is 0.353. The standard InChI is InChI=1S/C25H16N2O6.2C11H8N.Ir/c28-14-33-20-8-5-15(6-9-20)19-11-22(16-1-3-17(4-2-16)24(29)30)27-23(12-19)18-7-10-21(25(31)32)26-13-18;2*1-2-6-10(7-3-1)11-8-4-5-9-12-11;/h1-14H,(H,29,30)(H,31,32);2*1-6,8-9H;/q;2*-1;. The van der Waals surface area contributed by atoms with Gasteiger partial charge in [-0.15, -0.1) is 71.8 Å². The first-order chi connectivity index (χ1) is 27.9. The second-order valence-corrected chi connectivity index (χ2v) is 12.0. The molecule has 287 valence electrons. The number of rotatable bonds is 9. The maximum Gasteiger partial charge on any atom is 0.354 e. The van der Waals surface area contributed by atoms with Crippen molar-refractivity contribution in [1.29, 1.82) is 0 Å². The molecule has 0 fully saturated rings. The third kappa shape index (κ3) is 11.5. The Kier molecular flexibility index (Phi) is 15.1. The van der Waals surface area contributed by atoms with Gasteiger partial charge in [0, 0.05) is 49.8 Å². The fourth-order valence-electron chi connectivity index (χ4n) is 5.38. The molecule has 0 aliphatic carbocycles. The van der Waals surface area contributed by atoms with E-state index in [2.05, 4.69) is 32.1 Å².